The Balaban J connectivity index is 2.10. The number of hydrogen-bond donors (Lipinski definition) is 2. The van der Waals surface area contributed by atoms with Crippen molar-refractivity contribution < 1.29 is 19.4 Å². The molecule has 0 amide bonds. The van der Waals surface area contributed by atoms with Crippen LogP contribution in [0.2, 0.25) is 0 Å². The van der Waals surface area contributed by atoms with Crippen molar-refractivity contribution in [3.63, 3.8) is 0 Å². The first-order chi connectivity index (χ1) is 13.2. The summed E-state index contributed by atoms with van der Waals surface area (Å²) >= 11 is 0. The fourth-order valence-corrected chi connectivity index (χ4v) is 3.50. The minimum Gasteiger partial charge on any atom is -0.508 e. The number of allylic oxidation sites excluding steroid dienone is 2. The van der Waals surface area contributed by atoms with Gasteiger partial charge in [0.2, 0.25) is 5.43 Å². The first kappa shape index (κ1) is 18.2. The van der Waals surface area contributed by atoms with E-state index in [4.69, 9.17) is 9.15 Å². The van der Waals surface area contributed by atoms with Crippen LogP contribution in [0.25, 0.3) is 28.0 Å². The lowest BCUT2D eigenvalue weighted by Crippen LogP contribution is -2.27. The molecule has 0 saturated carbocycles. The van der Waals surface area contributed by atoms with Crippen molar-refractivity contribution in [2.45, 2.75) is 39.7 Å². The molecule has 4 rings (SSSR count). The van der Waals surface area contributed by atoms with E-state index in [1.54, 1.807) is 6.07 Å². The number of ether oxygens (including phenoxy) is 1. The van der Waals surface area contributed by atoms with Crippen molar-refractivity contribution in [3.05, 3.63) is 57.3 Å². The molecule has 1 aliphatic rings. The average Bonchev–Trinajstić information content (AvgIpc) is 2.59. The Bertz CT molecular complexity index is 1240. The van der Waals surface area contributed by atoms with Crippen molar-refractivity contribution in [1.82, 2.24) is 0 Å². The molecule has 0 unspecified atom stereocenters. The molecule has 0 atom stereocenters. The van der Waals surface area contributed by atoms with Crippen LogP contribution in [0, 0.1) is 0 Å². The monoisotopic (exact) mass is 378 g/mol. The second-order valence-electron chi connectivity index (χ2n) is 7.90. The molecule has 28 heavy (non-hydrogen) atoms. The Morgan fingerprint density at radius 1 is 1.14 bits per heavy atom. The molecule has 0 saturated heterocycles. The third-order valence-electron chi connectivity index (χ3n) is 4.92. The highest BCUT2D eigenvalue weighted by molar-refractivity contribution is 6.00. The van der Waals surface area contributed by atoms with E-state index in [9.17, 15) is 15.0 Å². The SMILES string of the molecule is CC(C)=CCc1c(O)ccc2oc3c4c(cc(O)c3c(=O)c12)OC(C)(C)C=C4. The van der Waals surface area contributed by atoms with E-state index < -0.39 is 5.60 Å². The smallest absolute Gasteiger partial charge is 0.204 e. The summed E-state index contributed by atoms with van der Waals surface area (Å²) in [6.45, 7) is 7.71. The maximum absolute atomic E-state index is 13.3. The zero-order chi connectivity index (χ0) is 20.2. The van der Waals surface area contributed by atoms with E-state index >= 15 is 0 Å². The lowest BCUT2D eigenvalue weighted by Gasteiger charge is -2.28. The van der Waals surface area contributed by atoms with E-state index in [2.05, 4.69) is 0 Å². The van der Waals surface area contributed by atoms with E-state index in [0.29, 0.717) is 28.9 Å². The second kappa shape index (κ2) is 6.16. The molecule has 0 bridgehead atoms. The van der Waals surface area contributed by atoms with Crippen LogP contribution in [0.1, 0.15) is 38.8 Å². The van der Waals surface area contributed by atoms with Crippen LogP contribution in [0.15, 0.2) is 45.1 Å². The van der Waals surface area contributed by atoms with Crippen molar-refractivity contribution in [1.29, 1.82) is 0 Å². The maximum atomic E-state index is 13.3. The summed E-state index contributed by atoms with van der Waals surface area (Å²) < 4.78 is 12.0. The molecular weight excluding hydrogens is 356 g/mol. The predicted molar refractivity (Wildman–Crippen MR) is 110 cm³/mol. The standard InChI is InChI=1S/C23H22O5/c1-12(2)5-6-13-15(24)7-8-17-19(13)21(26)20-16(25)11-18-14(22(20)27-17)9-10-23(3,4)28-18/h5,7-11,24-25H,6H2,1-4H3. The molecule has 0 radical (unpaired) electrons. The highest BCUT2D eigenvalue weighted by atomic mass is 16.5. The fourth-order valence-electron chi connectivity index (χ4n) is 3.50. The summed E-state index contributed by atoms with van der Waals surface area (Å²) in [5.74, 6) is 0.287. The number of aromatic hydroxyl groups is 2. The molecule has 3 aromatic rings. The van der Waals surface area contributed by atoms with E-state index in [1.165, 1.54) is 12.1 Å². The summed E-state index contributed by atoms with van der Waals surface area (Å²) in [4.78, 5) is 13.3. The first-order valence-corrected chi connectivity index (χ1v) is 9.17. The Hall–Kier alpha value is -3.21. The van der Waals surface area contributed by atoms with Crippen LogP contribution in [0.3, 0.4) is 0 Å². The molecule has 1 aliphatic heterocycles. The number of phenolic OH excluding ortho intramolecular Hbond substituents is 2. The van der Waals surface area contributed by atoms with Gasteiger partial charge in [-0.2, -0.15) is 0 Å². The molecule has 0 aliphatic carbocycles. The van der Waals surface area contributed by atoms with Crippen LogP contribution in [-0.4, -0.2) is 15.8 Å². The Morgan fingerprint density at radius 3 is 2.61 bits per heavy atom. The topological polar surface area (TPSA) is 79.9 Å². The fraction of sp³-hybridized carbons (Fsp3) is 0.261. The van der Waals surface area contributed by atoms with Crippen molar-refractivity contribution >= 4 is 28.0 Å². The van der Waals surface area contributed by atoms with Crippen LogP contribution in [0.5, 0.6) is 17.2 Å². The van der Waals surface area contributed by atoms with Gasteiger partial charge in [-0.1, -0.05) is 11.6 Å². The quantitative estimate of drug-likeness (QED) is 0.482. The average molecular weight is 378 g/mol. The number of benzene rings is 2. The molecular formula is C23H22O5. The molecule has 144 valence electrons. The van der Waals surface area contributed by atoms with E-state index in [1.807, 2.05) is 45.9 Å². The number of phenols is 2. The van der Waals surface area contributed by atoms with Gasteiger partial charge in [-0.15, -0.1) is 0 Å². The molecule has 2 aromatic carbocycles. The molecule has 0 spiro atoms. The summed E-state index contributed by atoms with van der Waals surface area (Å²) in [7, 11) is 0. The number of rotatable bonds is 2. The van der Waals surface area contributed by atoms with Crippen LogP contribution in [0.4, 0.5) is 0 Å². The zero-order valence-corrected chi connectivity index (χ0v) is 16.3. The van der Waals surface area contributed by atoms with Crippen molar-refractivity contribution in [2.24, 2.45) is 0 Å². The van der Waals surface area contributed by atoms with Crippen molar-refractivity contribution in [3.8, 4) is 17.2 Å². The van der Waals surface area contributed by atoms with Gasteiger partial charge in [0.25, 0.3) is 0 Å². The predicted octanol–water partition coefficient (Wildman–Crippen LogP) is 5.05. The Labute approximate surface area is 162 Å². The number of fused-ring (bicyclic) bond motifs is 4. The van der Waals surface area contributed by atoms with Gasteiger partial charge in [0.05, 0.1) is 10.9 Å². The van der Waals surface area contributed by atoms with Gasteiger partial charge < -0.3 is 19.4 Å². The van der Waals surface area contributed by atoms with Gasteiger partial charge in [-0.05, 0) is 58.4 Å². The highest BCUT2D eigenvalue weighted by Crippen LogP contribution is 2.41. The van der Waals surface area contributed by atoms with Gasteiger partial charge in [0.15, 0.2) is 5.58 Å². The summed E-state index contributed by atoms with van der Waals surface area (Å²) in [5.41, 5.74) is 1.92. The lowest BCUT2D eigenvalue weighted by atomic mass is 9.97. The van der Waals surface area contributed by atoms with Gasteiger partial charge >= 0.3 is 0 Å². The van der Waals surface area contributed by atoms with Gasteiger partial charge in [0, 0.05) is 11.6 Å². The third kappa shape index (κ3) is 2.83. The second-order valence-corrected chi connectivity index (χ2v) is 7.90. The van der Waals surface area contributed by atoms with Gasteiger partial charge in [-0.25, -0.2) is 0 Å². The Morgan fingerprint density at radius 2 is 1.89 bits per heavy atom. The van der Waals surface area contributed by atoms with Crippen molar-refractivity contribution in [2.75, 3.05) is 0 Å². The minimum atomic E-state index is -0.520. The van der Waals surface area contributed by atoms with Crippen LogP contribution >= 0.6 is 0 Å². The van der Waals surface area contributed by atoms with Gasteiger partial charge in [-0.3, -0.25) is 4.79 Å². The molecule has 5 nitrogen and oxygen atoms in total. The highest BCUT2D eigenvalue weighted by Gasteiger charge is 2.27. The summed E-state index contributed by atoms with van der Waals surface area (Å²) in [6, 6.07) is 4.55. The number of hydrogen-bond acceptors (Lipinski definition) is 5. The summed E-state index contributed by atoms with van der Waals surface area (Å²) in [5, 5.41) is 21.3. The molecule has 2 heterocycles. The molecule has 5 heteroatoms. The normalized spacial score (nSPS) is 14.7. The largest absolute Gasteiger partial charge is 0.508 e. The Kier molecular flexibility index (Phi) is 4.00. The van der Waals surface area contributed by atoms with E-state index in [0.717, 1.165) is 5.57 Å². The van der Waals surface area contributed by atoms with E-state index in [-0.39, 0.29) is 33.3 Å². The maximum Gasteiger partial charge on any atom is 0.204 e. The summed E-state index contributed by atoms with van der Waals surface area (Å²) in [6.07, 6.45) is 6.06. The minimum absolute atomic E-state index is 0.0269. The van der Waals surface area contributed by atoms with Crippen LogP contribution < -0.4 is 10.2 Å². The lowest BCUT2D eigenvalue weighted by molar-refractivity contribution is 0.158. The first-order valence-electron chi connectivity index (χ1n) is 9.17. The zero-order valence-electron chi connectivity index (χ0n) is 16.3. The molecule has 2 N–H and O–H groups in total. The van der Waals surface area contributed by atoms with Crippen LogP contribution in [-0.2, 0) is 6.42 Å². The third-order valence-corrected chi connectivity index (χ3v) is 4.92. The molecule has 1 aromatic heterocycles. The molecule has 0 fully saturated rings. The van der Waals surface area contributed by atoms with Gasteiger partial charge in [0.1, 0.15) is 33.8 Å².